The molecule has 0 aliphatic heterocycles. The first kappa shape index (κ1) is 70.8. The first-order valence-electron chi connectivity index (χ1n) is 28.3. The molecule has 0 heterocycles. The summed E-state index contributed by atoms with van der Waals surface area (Å²) in [7, 11) is 0. The molecule has 2 amide bonds. The second-order valence-electron chi connectivity index (χ2n) is 19.0. The minimum Gasteiger partial charge on any atom is -0.494 e. The third-order valence-electron chi connectivity index (χ3n) is 12.2. The molecule has 0 aliphatic rings. The molecule has 0 atom stereocenters. The molecule has 0 spiro atoms. The number of carbonyl (C=O) groups is 8. The van der Waals surface area contributed by atoms with Crippen molar-refractivity contribution in [2.75, 3.05) is 63.5 Å². The maximum absolute atomic E-state index is 13.9. The van der Waals surface area contributed by atoms with Crippen LogP contribution in [0, 0.1) is 6.92 Å². The molecular weight excluding hydrogens is 1190 g/mol. The minimum absolute atomic E-state index is 0.0751. The lowest BCUT2D eigenvalue weighted by Crippen LogP contribution is -2.17. The van der Waals surface area contributed by atoms with Gasteiger partial charge in [0.2, 0.25) is 0 Å². The first-order valence-corrected chi connectivity index (χ1v) is 28.3. The van der Waals surface area contributed by atoms with E-state index in [1.54, 1.807) is 73.7 Å². The summed E-state index contributed by atoms with van der Waals surface area (Å²) in [5.74, 6) is -2.50. The Morgan fingerprint density at radius 1 is 0.374 bits per heavy atom. The molecule has 20 nitrogen and oxygen atoms in total. The molecule has 0 aromatic heterocycles. The van der Waals surface area contributed by atoms with Crippen molar-refractivity contribution in [1.82, 2.24) is 0 Å². The fourth-order valence-electron chi connectivity index (χ4n) is 7.48. The molecular formula is C68H67F3N2O18. The molecule has 0 bridgehead atoms. The van der Waals surface area contributed by atoms with Crippen molar-refractivity contribution in [3.05, 3.63) is 217 Å². The molecule has 0 aliphatic carbocycles. The Bertz CT molecular complexity index is 3460. The van der Waals surface area contributed by atoms with Crippen LogP contribution >= 0.6 is 0 Å². The zero-order valence-corrected chi connectivity index (χ0v) is 49.7. The summed E-state index contributed by atoms with van der Waals surface area (Å²) >= 11 is 0. The Morgan fingerprint density at radius 2 is 0.659 bits per heavy atom. The van der Waals surface area contributed by atoms with Gasteiger partial charge in [0, 0.05) is 54.0 Å². The van der Waals surface area contributed by atoms with E-state index in [2.05, 4.69) is 36.9 Å². The highest BCUT2D eigenvalue weighted by atomic mass is 19.4. The predicted molar refractivity (Wildman–Crippen MR) is 329 cm³/mol. The third kappa shape index (κ3) is 25.7. The van der Waals surface area contributed by atoms with E-state index >= 15 is 0 Å². The van der Waals surface area contributed by atoms with Crippen molar-refractivity contribution < 1.29 is 98.9 Å². The fourth-order valence-corrected chi connectivity index (χ4v) is 7.48. The lowest BCUT2D eigenvalue weighted by atomic mass is 10.1. The molecule has 0 saturated heterocycles. The molecule has 6 aromatic rings. The number of hydrogen-bond acceptors (Lipinski definition) is 18. The van der Waals surface area contributed by atoms with Crippen molar-refractivity contribution in [3.63, 3.8) is 0 Å². The van der Waals surface area contributed by atoms with Gasteiger partial charge in [-0.15, -0.1) is 0 Å². The van der Waals surface area contributed by atoms with Gasteiger partial charge in [-0.3, -0.25) is 9.59 Å². The van der Waals surface area contributed by atoms with E-state index in [1.807, 2.05) is 0 Å². The average molecular weight is 1260 g/mol. The largest absolute Gasteiger partial charge is 0.494 e. The predicted octanol–water partition coefficient (Wildman–Crippen LogP) is 12.4. The van der Waals surface area contributed by atoms with Crippen LogP contribution in [0.2, 0.25) is 0 Å². The molecule has 478 valence electrons. The SMILES string of the molecule is C=CC(=O)OCCCCOc1ccc(C(=O)Nc2ccc(OC(=O)c3ccc(OCCCCOC(=O)C=C)cc3)cc2C(F)(F)F)cc1.C=CC(=O)OCCCOc1ccc(C(=O)Nc2ccc(OC(=O)c3ccc(OCCCOC(=O)C=C)cc3)cc2C)cc1. The molecule has 91 heavy (non-hydrogen) atoms. The summed E-state index contributed by atoms with van der Waals surface area (Å²) in [5.41, 5.74) is 0.484. The second kappa shape index (κ2) is 37.7. The molecule has 6 aromatic carbocycles. The summed E-state index contributed by atoms with van der Waals surface area (Å²) in [5, 5.41) is 5.11. The summed E-state index contributed by atoms with van der Waals surface area (Å²) in [6.45, 7) is 17.3. The number of benzene rings is 6. The van der Waals surface area contributed by atoms with Crippen LogP contribution in [0.15, 0.2) is 184 Å². The van der Waals surface area contributed by atoms with Crippen molar-refractivity contribution in [2.24, 2.45) is 0 Å². The molecule has 0 saturated carbocycles. The fraction of sp³-hybridized carbons (Fsp3) is 0.235. The number of halogens is 3. The number of rotatable bonds is 34. The molecule has 0 radical (unpaired) electrons. The Labute approximate surface area is 523 Å². The number of nitrogens with one attached hydrogen (secondary N) is 2. The van der Waals surface area contributed by atoms with Crippen LogP contribution in [-0.2, 0) is 44.3 Å². The van der Waals surface area contributed by atoms with E-state index in [4.69, 9.17) is 47.4 Å². The van der Waals surface area contributed by atoms with E-state index in [9.17, 15) is 51.5 Å². The zero-order valence-electron chi connectivity index (χ0n) is 49.7. The topological polar surface area (TPSA) is 253 Å². The molecule has 0 fully saturated rings. The van der Waals surface area contributed by atoms with Crippen molar-refractivity contribution in [2.45, 2.75) is 51.6 Å². The number of alkyl halides is 3. The van der Waals surface area contributed by atoms with Gasteiger partial charge in [0.15, 0.2) is 0 Å². The zero-order chi connectivity index (χ0) is 66.0. The van der Waals surface area contributed by atoms with Gasteiger partial charge in [-0.25, -0.2) is 28.8 Å². The van der Waals surface area contributed by atoms with Crippen LogP contribution in [0.25, 0.3) is 0 Å². The maximum atomic E-state index is 13.9. The van der Waals surface area contributed by atoms with Crippen molar-refractivity contribution >= 4 is 59.0 Å². The highest BCUT2D eigenvalue weighted by Crippen LogP contribution is 2.38. The lowest BCUT2D eigenvalue weighted by Gasteiger charge is -2.16. The number of aryl methyl sites for hydroxylation is 1. The van der Waals surface area contributed by atoms with E-state index in [0.29, 0.717) is 122 Å². The van der Waals surface area contributed by atoms with Crippen molar-refractivity contribution in [1.29, 1.82) is 0 Å². The highest BCUT2D eigenvalue weighted by Gasteiger charge is 2.35. The normalized spacial score (nSPS) is 10.5. The monoisotopic (exact) mass is 1260 g/mol. The quantitative estimate of drug-likeness (QED) is 0.0125. The van der Waals surface area contributed by atoms with Crippen molar-refractivity contribution in [3.8, 4) is 34.5 Å². The summed E-state index contributed by atoms with van der Waals surface area (Å²) in [6.07, 6.45) is 2.87. The average Bonchev–Trinajstić information content (AvgIpc) is 1.22. The van der Waals surface area contributed by atoms with Gasteiger partial charge in [-0.2, -0.15) is 13.2 Å². The van der Waals surface area contributed by atoms with E-state index < -0.39 is 59.2 Å². The smallest absolute Gasteiger partial charge is 0.418 e. The van der Waals surface area contributed by atoms with Gasteiger partial charge in [-0.05, 0) is 172 Å². The van der Waals surface area contributed by atoms with E-state index in [1.165, 1.54) is 48.5 Å². The Morgan fingerprint density at radius 3 is 1.00 bits per heavy atom. The minimum atomic E-state index is -4.88. The summed E-state index contributed by atoms with van der Waals surface area (Å²) < 4.78 is 94.3. The number of unbranched alkanes of at least 4 members (excludes halogenated alkanes) is 2. The first-order chi connectivity index (χ1) is 43.8. The Kier molecular flexibility index (Phi) is 29.3. The molecule has 6 rings (SSSR count). The lowest BCUT2D eigenvalue weighted by molar-refractivity contribution is -0.138. The van der Waals surface area contributed by atoms with Crippen LogP contribution in [0.3, 0.4) is 0 Å². The molecule has 23 heteroatoms. The number of carbonyl (C=O) groups excluding carboxylic acids is 8. The standard InChI is InChI=1S/C35H34F3NO9.C33H33NO9/c1-3-31(40)46-21-7-5-19-44-26-13-9-24(10-14-26)33(42)39-30-18-17-28(23-29(30)35(36,37)38)48-34(43)25-11-15-27(16-12-25)45-20-6-8-22-47-32(41)4-2;1-4-30(35)41-20-6-18-39-26-12-8-24(9-13-26)32(37)34-29-17-16-28(22-23(29)3)43-33(38)25-10-14-27(15-11-25)40-19-7-21-42-31(36)5-2/h3-4,9-18,23H,1-2,5-8,19-22H2,(H,39,42);4-5,8-17,22H,1-2,6-7,18-21H2,3H3,(H,34,37). The van der Waals surface area contributed by atoms with E-state index in [0.717, 1.165) is 36.4 Å². The van der Waals surface area contributed by atoms with Crippen LogP contribution in [0.1, 0.15) is 91.1 Å². The summed E-state index contributed by atoms with van der Waals surface area (Å²) in [6, 6.07) is 32.5. The van der Waals surface area contributed by atoms with Crippen LogP contribution in [-0.4, -0.2) is 100 Å². The van der Waals surface area contributed by atoms with Gasteiger partial charge in [-0.1, -0.05) is 26.3 Å². The molecule has 2 N–H and O–H groups in total. The van der Waals surface area contributed by atoms with Gasteiger partial charge < -0.3 is 58.0 Å². The van der Waals surface area contributed by atoms with Gasteiger partial charge in [0.05, 0.1) is 75.2 Å². The van der Waals surface area contributed by atoms with E-state index in [-0.39, 0.29) is 49.2 Å². The second-order valence-corrected chi connectivity index (χ2v) is 19.0. The Hall–Kier alpha value is -11.0. The highest BCUT2D eigenvalue weighted by molar-refractivity contribution is 6.05. The van der Waals surface area contributed by atoms with Crippen LogP contribution < -0.4 is 39.1 Å². The number of amides is 2. The summed E-state index contributed by atoms with van der Waals surface area (Å²) in [4.78, 5) is 94.8. The van der Waals surface area contributed by atoms with Crippen LogP contribution in [0.4, 0.5) is 24.5 Å². The number of hydrogen-bond donors (Lipinski definition) is 2. The van der Waals surface area contributed by atoms with Gasteiger partial charge in [0.1, 0.15) is 34.5 Å². The van der Waals surface area contributed by atoms with Crippen LogP contribution in [0.5, 0.6) is 34.5 Å². The third-order valence-corrected chi connectivity index (χ3v) is 12.2. The number of ether oxygens (including phenoxy) is 10. The van der Waals surface area contributed by atoms with Gasteiger partial charge in [0.25, 0.3) is 11.8 Å². The number of anilines is 2. The maximum Gasteiger partial charge on any atom is 0.418 e. The van der Waals surface area contributed by atoms with Gasteiger partial charge >= 0.3 is 42.0 Å². The number of esters is 6. The Balaban J connectivity index is 0.000000333. The molecule has 0 unspecified atom stereocenters.